The Hall–Kier alpha value is -0.0300. The lowest BCUT2D eigenvalue weighted by atomic mass is 10.0. The van der Waals surface area contributed by atoms with Crippen molar-refractivity contribution in [3.05, 3.63) is 0 Å². The molecule has 1 saturated heterocycles. The van der Waals surface area contributed by atoms with Gasteiger partial charge in [0.15, 0.2) is 0 Å². The third kappa shape index (κ3) is 4.46. The van der Waals surface area contributed by atoms with E-state index in [1.807, 2.05) is 13.8 Å². The van der Waals surface area contributed by atoms with Crippen molar-refractivity contribution < 1.29 is 4.79 Å². The number of rotatable bonds is 3. The molecule has 0 radical (unpaired) electrons. The van der Waals surface area contributed by atoms with Crippen LogP contribution in [-0.2, 0) is 4.79 Å². The maximum absolute atomic E-state index is 11.3. The molecule has 0 unspecified atom stereocenters. The van der Waals surface area contributed by atoms with E-state index in [1.165, 1.54) is 0 Å². The molecule has 4 N–H and O–H groups in total. The van der Waals surface area contributed by atoms with Crippen molar-refractivity contribution in [1.82, 2.24) is 10.6 Å². The van der Waals surface area contributed by atoms with Gasteiger partial charge < -0.3 is 16.4 Å². The molecular weight excluding hydrogens is 225 g/mol. The maximum atomic E-state index is 11.3. The van der Waals surface area contributed by atoms with Crippen LogP contribution in [0.3, 0.4) is 0 Å². The zero-order chi connectivity index (χ0) is 9.14. The van der Waals surface area contributed by atoms with Crippen molar-refractivity contribution >= 4 is 30.7 Å². The van der Waals surface area contributed by atoms with E-state index < -0.39 is 0 Å². The Bertz CT molecular complexity index is 174. The molecule has 1 aliphatic heterocycles. The van der Waals surface area contributed by atoms with Gasteiger partial charge in [-0.1, -0.05) is 13.8 Å². The van der Waals surface area contributed by atoms with E-state index in [9.17, 15) is 4.79 Å². The molecule has 1 aliphatic rings. The third-order valence-corrected chi connectivity index (χ3v) is 2.15. The van der Waals surface area contributed by atoms with Crippen LogP contribution < -0.4 is 16.4 Å². The van der Waals surface area contributed by atoms with Crippen molar-refractivity contribution in [2.75, 3.05) is 13.1 Å². The summed E-state index contributed by atoms with van der Waals surface area (Å²) in [6, 6.07) is -0.0760. The van der Waals surface area contributed by atoms with Gasteiger partial charge in [0.1, 0.15) is 0 Å². The molecule has 1 rings (SSSR count). The molecule has 1 heterocycles. The highest BCUT2D eigenvalue weighted by Gasteiger charge is 2.23. The number of halogens is 2. The Labute approximate surface area is 97.2 Å². The number of carbonyl (C=O) groups excluding carboxylic acids is 1. The first-order chi connectivity index (χ1) is 5.61. The van der Waals surface area contributed by atoms with Gasteiger partial charge >= 0.3 is 0 Å². The van der Waals surface area contributed by atoms with Gasteiger partial charge in [0.2, 0.25) is 5.91 Å². The van der Waals surface area contributed by atoms with Crippen LogP contribution in [0.2, 0.25) is 0 Å². The van der Waals surface area contributed by atoms with Crippen LogP contribution in [0.5, 0.6) is 0 Å². The molecule has 14 heavy (non-hydrogen) atoms. The summed E-state index contributed by atoms with van der Waals surface area (Å²) in [6.07, 6.45) is 0. The van der Waals surface area contributed by atoms with Gasteiger partial charge in [-0.2, -0.15) is 0 Å². The fourth-order valence-electron chi connectivity index (χ4n) is 0.991. The SMILES string of the molecule is CC(C)[C@@H](N)C(=O)NC1CNC1.Cl.Cl. The first-order valence-electron chi connectivity index (χ1n) is 4.38. The van der Waals surface area contributed by atoms with E-state index in [4.69, 9.17) is 5.73 Å². The molecule has 4 nitrogen and oxygen atoms in total. The summed E-state index contributed by atoms with van der Waals surface area (Å²) in [6.45, 7) is 5.64. The first kappa shape index (κ1) is 16.4. The standard InChI is InChI=1S/C8H17N3O.2ClH/c1-5(2)7(9)8(12)11-6-3-10-4-6;;/h5-7,10H,3-4,9H2,1-2H3,(H,11,12);2*1H/t7-;;/m1../s1. The maximum Gasteiger partial charge on any atom is 0.237 e. The Morgan fingerprint density at radius 2 is 1.93 bits per heavy atom. The van der Waals surface area contributed by atoms with Crippen LogP contribution in [-0.4, -0.2) is 31.1 Å². The molecular formula is C8H19Cl2N3O. The third-order valence-electron chi connectivity index (χ3n) is 2.15. The van der Waals surface area contributed by atoms with Crippen LogP contribution >= 0.6 is 24.8 Å². The van der Waals surface area contributed by atoms with Crippen molar-refractivity contribution in [3.63, 3.8) is 0 Å². The second kappa shape index (κ2) is 7.29. The van der Waals surface area contributed by atoms with E-state index >= 15 is 0 Å². The van der Waals surface area contributed by atoms with Gasteiger partial charge in [0.05, 0.1) is 12.1 Å². The van der Waals surface area contributed by atoms with Crippen molar-refractivity contribution in [2.45, 2.75) is 25.9 Å². The second-order valence-corrected chi connectivity index (χ2v) is 3.63. The van der Waals surface area contributed by atoms with Crippen LogP contribution in [0, 0.1) is 5.92 Å². The summed E-state index contributed by atoms with van der Waals surface area (Å²) in [5.74, 6) is 0.175. The predicted octanol–water partition coefficient (Wildman–Crippen LogP) is -0.0987. The zero-order valence-corrected chi connectivity index (χ0v) is 10.1. The number of hydrogen-bond donors (Lipinski definition) is 3. The van der Waals surface area contributed by atoms with E-state index in [2.05, 4.69) is 10.6 Å². The summed E-state index contributed by atoms with van der Waals surface area (Å²) in [7, 11) is 0. The highest BCUT2D eigenvalue weighted by Crippen LogP contribution is 1.99. The molecule has 0 aromatic carbocycles. The van der Waals surface area contributed by atoms with Gasteiger partial charge in [-0.15, -0.1) is 24.8 Å². The minimum absolute atomic E-state index is 0. The van der Waals surface area contributed by atoms with E-state index in [0.717, 1.165) is 13.1 Å². The minimum Gasteiger partial charge on any atom is -0.349 e. The van der Waals surface area contributed by atoms with Crippen LogP contribution in [0.25, 0.3) is 0 Å². The van der Waals surface area contributed by atoms with Crippen LogP contribution in [0.1, 0.15) is 13.8 Å². The van der Waals surface area contributed by atoms with Crippen molar-refractivity contribution in [1.29, 1.82) is 0 Å². The van der Waals surface area contributed by atoms with Gasteiger partial charge in [0, 0.05) is 13.1 Å². The summed E-state index contributed by atoms with van der Waals surface area (Å²) in [4.78, 5) is 11.3. The van der Waals surface area contributed by atoms with Gasteiger partial charge in [-0.3, -0.25) is 4.79 Å². The highest BCUT2D eigenvalue weighted by atomic mass is 35.5. The zero-order valence-electron chi connectivity index (χ0n) is 8.45. The molecule has 1 fully saturated rings. The molecule has 0 aromatic heterocycles. The molecule has 1 amide bonds. The molecule has 0 aliphatic carbocycles. The molecule has 6 heteroatoms. The average Bonchev–Trinajstić information content (AvgIpc) is 1.94. The largest absolute Gasteiger partial charge is 0.349 e. The van der Waals surface area contributed by atoms with Crippen LogP contribution in [0.4, 0.5) is 0 Å². The quantitative estimate of drug-likeness (QED) is 0.649. The summed E-state index contributed by atoms with van der Waals surface area (Å²) in [5.41, 5.74) is 5.65. The molecule has 0 bridgehead atoms. The van der Waals surface area contributed by atoms with Gasteiger partial charge in [-0.25, -0.2) is 0 Å². The summed E-state index contributed by atoms with van der Waals surface area (Å²) < 4.78 is 0. The Balaban J connectivity index is 0. The predicted molar refractivity (Wildman–Crippen MR) is 62.1 cm³/mol. The summed E-state index contributed by atoms with van der Waals surface area (Å²) in [5, 5.41) is 5.95. The molecule has 1 atom stereocenters. The Kier molecular flexibility index (Phi) is 8.54. The number of carbonyl (C=O) groups is 1. The number of hydrogen-bond acceptors (Lipinski definition) is 3. The number of amides is 1. The lowest BCUT2D eigenvalue weighted by Gasteiger charge is -2.29. The fraction of sp³-hybridized carbons (Fsp3) is 0.875. The summed E-state index contributed by atoms with van der Waals surface area (Å²) >= 11 is 0. The van der Waals surface area contributed by atoms with E-state index in [-0.39, 0.29) is 42.7 Å². The Morgan fingerprint density at radius 3 is 2.21 bits per heavy atom. The number of nitrogens with two attached hydrogens (primary N) is 1. The number of nitrogens with one attached hydrogen (secondary N) is 2. The van der Waals surface area contributed by atoms with Crippen molar-refractivity contribution in [2.24, 2.45) is 11.7 Å². The van der Waals surface area contributed by atoms with E-state index in [1.54, 1.807) is 0 Å². The normalized spacial score (nSPS) is 17.4. The molecule has 0 aromatic rings. The van der Waals surface area contributed by atoms with Crippen LogP contribution in [0.15, 0.2) is 0 Å². The van der Waals surface area contributed by atoms with E-state index in [0.29, 0.717) is 6.04 Å². The molecule has 86 valence electrons. The topological polar surface area (TPSA) is 67.2 Å². The van der Waals surface area contributed by atoms with Crippen molar-refractivity contribution in [3.8, 4) is 0 Å². The first-order valence-corrected chi connectivity index (χ1v) is 4.38. The second-order valence-electron chi connectivity index (χ2n) is 3.63. The smallest absolute Gasteiger partial charge is 0.237 e. The average molecular weight is 244 g/mol. The monoisotopic (exact) mass is 243 g/mol. The lowest BCUT2D eigenvalue weighted by molar-refractivity contribution is -0.124. The van der Waals surface area contributed by atoms with Gasteiger partial charge in [0.25, 0.3) is 0 Å². The molecule has 0 saturated carbocycles. The Morgan fingerprint density at radius 1 is 1.43 bits per heavy atom. The minimum atomic E-state index is -0.370. The lowest BCUT2D eigenvalue weighted by Crippen LogP contribution is -2.60. The highest BCUT2D eigenvalue weighted by molar-refractivity contribution is 5.85. The fourth-order valence-corrected chi connectivity index (χ4v) is 0.991. The molecule has 0 spiro atoms. The van der Waals surface area contributed by atoms with Gasteiger partial charge in [-0.05, 0) is 5.92 Å².